The molecule has 3 heterocycles. The molecule has 2 aliphatic heterocycles. The fraction of sp³-hybridized carbons (Fsp3) is 0.280. The molecule has 2 aromatic carbocycles. The van der Waals surface area contributed by atoms with Crippen molar-refractivity contribution in [2.24, 2.45) is 0 Å². The van der Waals surface area contributed by atoms with Crippen LogP contribution in [0.2, 0.25) is 0 Å². The molecule has 1 aromatic heterocycles. The Balaban J connectivity index is 1.34. The lowest BCUT2D eigenvalue weighted by molar-refractivity contribution is -0.116. The second kappa shape index (κ2) is 8.40. The highest BCUT2D eigenvalue weighted by molar-refractivity contribution is 6.35. The van der Waals surface area contributed by atoms with Crippen LogP contribution in [0.5, 0.6) is 0 Å². The van der Waals surface area contributed by atoms with Gasteiger partial charge in [-0.15, -0.1) is 0 Å². The molecule has 3 aromatic rings. The van der Waals surface area contributed by atoms with E-state index in [9.17, 15) is 9.59 Å². The van der Waals surface area contributed by atoms with Crippen molar-refractivity contribution in [2.45, 2.75) is 25.7 Å². The summed E-state index contributed by atoms with van der Waals surface area (Å²) in [6.07, 6.45) is 8.05. The maximum absolute atomic E-state index is 12.5. The molecule has 158 valence electrons. The Morgan fingerprint density at radius 2 is 1.94 bits per heavy atom. The molecule has 0 aliphatic carbocycles. The second-order valence-corrected chi connectivity index (χ2v) is 8.26. The van der Waals surface area contributed by atoms with E-state index in [4.69, 9.17) is 0 Å². The summed E-state index contributed by atoms with van der Waals surface area (Å²) < 4.78 is 0. The monoisotopic (exact) mass is 414 g/mol. The average Bonchev–Trinajstić information content (AvgIpc) is 3.33. The molecule has 5 rings (SSSR count). The van der Waals surface area contributed by atoms with Gasteiger partial charge in [-0.3, -0.25) is 9.59 Å². The number of nitrogens with zero attached hydrogens (tertiary/aromatic N) is 1. The lowest BCUT2D eigenvalue weighted by Crippen LogP contribution is -2.32. The summed E-state index contributed by atoms with van der Waals surface area (Å²) >= 11 is 0. The third-order valence-corrected chi connectivity index (χ3v) is 6.11. The molecule has 1 saturated heterocycles. The fourth-order valence-corrected chi connectivity index (χ4v) is 4.44. The van der Waals surface area contributed by atoms with Crippen LogP contribution >= 0.6 is 0 Å². The number of fused-ring (bicyclic) bond motifs is 2. The van der Waals surface area contributed by atoms with Gasteiger partial charge in [-0.1, -0.05) is 24.6 Å². The van der Waals surface area contributed by atoms with Gasteiger partial charge in [0.2, 0.25) is 5.91 Å². The maximum Gasteiger partial charge on any atom is 0.256 e. The number of likely N-dealkylation sites (tertiary alicyclic amines) is 1. The van der Waals surface area contributed by atoms with E-state index in [1.54, 1.807) is 0 Å². The highest BCUT2D eigenvalue weighted by Gasteiger charge is 2.23. The number of carbonyl (C=O) groups excluding carboxylic acids is 2. The van der Waals surface area contributed by atoms with Crippen LogP contribution in [-0.4, -0.2) is 41.3 Å². The SMILES string of the molecule is O=C(CCN1CCCCC1)Nc1ccc2[nH]cc(/C=C3/C(=O)Nc4ccccc43)c2c1. The number of H-pyrrole nitrogens is 1. The highest BCUT2D eigenvalue weighted by Crippen LogP contribution is 2.34. The quantitative estimate of drug-likeness (QED) is 0.539. The second-order valence-electron chi connectivity index (χ2n) is 8.26. The standard InChI is InChI=1S/C25H26N4O2/c30-24(10-13-29-11-4-1-5-12-29)27-18-8-9-22-20(15-18)17(16-26-22)14-21-19-6-2-3-7-23(19)28-25(21)31/h2-3,6-9,14-16,26H,1,4-5,10-13H2,(H,27,30)(H,28,31)/b21-14+. The zero-order valence-corrected chi connectivity index (χ0v) is 17.4. The van der Waals surface area contributed by atoms with Crippen molar-refractivity contribution in [3.05, 3.63) is 59.8 Å². The van der Waals surface area contributed by atoms with E-state index in [2.05, 4.69) is 20.5 Å². The van der Waals surface area contributed by atoms with Crippen LogP contribution in [0.3, 0.4) is 0 Å². The van der Waals surface area contributed by atoms with Gasteiger partial charge < -0.3 is 20.5 Å². The number of hydrogen-bond acceptors (Lipinski definition) is 3. The summed E-state index contributed by atoms with van der Waals surface area (Å²) in [5, 5.41) is 6.91. The van der Waals surface area contributed by atoms with Crippen molar-refractivity contribution in [1.82, 2.24) is 9.88 Å². The Labute approximate surface area is 181 Å². The minimum absolute atomic E-state index is 0.0319. The Bertz CT molecular complexity index is 1170. The molecule has 2 amide bonds. The molecule has 0 saturated carbocycles. The van der Waals surface area contributed by atoms with Crippen LogP contribution in [0.1, 0.15) is 36.8 Å². The van der Waals surface area contributed by atoms with Gasteiger partial charge >= 0.3 is 0 Å². The number of hydrogen-bond donors (Lipinski definition) is 3. The smallest absolute Gasteiger partial charge is 0.256 e. The number of aromatic nitrogens is 1. The molecule has 0 bridgehead atoms. The summed E-state index contributed by atoms with van der Waals surface area (Å²) in [6.45, 7) is 3.00. The number of nitrogens with one attached hydrogen (secondary N) is 3. The molecular formula is C25H26N4O2. The van der Waals surface area contributed by atoms with Gasteiger partial charge in [0.15, 0.2) is 0 Å². The van der Waals surface area contributed by atoms with Gasteiger partial charge in [-0.05, 0) is 56.3 Å². The molecule has 0 radical (unpaired) electrons. The lowest BCUT2D eigenvalue weighted by Gasteiger charge is -2.25. The van der Waals surface area contributed by atoms with Gasteiger partial charge in [-0.25, -0.2) is 0 Å². The molecule has 0 spiro atoms. The Morgan fingerprint density at radius 3 is 2.81 bits per heavy atom. The van der Waals surface area contributed by atoms with Crippen LogP contribution in [0.15, 0.2) is 48.7 Å². The predicted molar refractivity (Wildman–Crippen MR) is 125 cm³/mol. The normalized spacial score (nSPS) is 17.7. The number of benzene rings is 2. The first kappa shape index (κ1) is 19.6. The van der Waals surface area contributed by atoms with E-state index in [-0.39, 0.29) is 11.8 Å². The number of piperidine rings is 1. The molecule has 0 unspecified atom stereocenters. The van der Waals surface area contributed by atoms with E-state index < -0.39 is 0 Å². The highest BCUT2D eigenvalue weighted by atomic mass is 16.2. The van der Waals surface area contributed by atoms with Crippen LogP contribution in [0.25, 0.3) is 22.6 Å². The molecule has 31 heavy (non-hydrogen) atoms. The zero-order valence-electron chi connectivity index (χ0n) is 17.4. The predicted octanol–water partition coefficient (Wildman–Crippen LogP) is 4.48. The molecule has 2 aliphatic rings. The molecular weight excluding hydrogens is 388 g/mol. The first-order chi connectivity index (χ1) is 15.2. The van der Waals surface area contributed by atoms with Crippen molar-refractivity contribution < 1.29 is 9.59 Å². The van der Waals surface area contributed by atoms with Gasteiger partial charge in [-0.2, -0.15) is 0 Å². The molecule has 6 nitrogen and oxygen atoms in total. The Morgan fingerprint density at radius 1 is 1.10 bits per heavy atom. The van der Waals surface area contributed by atoms with Gasteiger partial charge in [0.25, 0.3) is 5.91 Å². The first-order valence-electron chi connectivity index (χ1n) is 10.9. The minimum Gasteiger partial charge on any atom is -0.361 e. The minimum atomic E-state index is -0.0993. The first-order valence-corrected chi connectivity index (χ1v) is 10.9. The number of aromatic amines is 1. The lowest BCUT2D eigenvalue weighted by atomic mass is 10.0. The van der Waals surface area contributed by atoms with E-state index in [0.717, 1.165) is 53.0 Å². The summed E-state index contributed by atoms with van der Waals surface area (Å²) in [5.41, 5.74) is 5.04. The van der Waals surface area contributed by atoms with Crippen molar-refractivity contribution >= 4 is 45.7 Å². The molecule has 1 fully saturated rings. The van der Waals surface area contributed by atoms with Crippen molar-refractivity contribution in [1.29, 1.82) is 0 Å². The average molecular weight is 415 g/mol. The number of rotatable bonds is 5. The number of anilines is 2. The van der Waals surface area contributed by atoms with Gasteiger partial charge in [0.05, 0.1) is 0 Å². The topological polar surface area (TPSA) is 77.2 Å². The van der Waals surface area contributed by atoms with Gasteiger partial charge in [0.1, 0.15) is 0 Å². The molecule has 6 heteroatoms. The van der Waals surface area contributed by atoms with E-state index in [0.29, 0.717) is 12.0 Å². The van der Waals surface area contributed by atoms with Crippen molar-refractivity contribution in [3.63, 3.8) is 0 Å². The summed E-state index contributed by atoms with van der Waals surface area (Å²) in [5.74, 6) is -0.0674. The van der Waals surface area contributed by atoms with Crippen LogP contribution in [0, 0.1) is 0 Å². The fourth-order valence-electron chi connectivity index (χ4n) is 4.44. The van der Waals surface area contributed by atoms with E-state index >= 15 is 0 Å². The summed E-state index contributed by atoms with van der Waals surface area (Å²) in [7, 11) is 0. The number of para-hydroxylation sites is 1. The number of carbonyl (C=O) groups is 2. The number of amides is 2. The largest absolute Gasteiger partial charge is 0.361 e. The third kappa shape index (κ3) is 4.11. The molecule has 3 N–H and O–H groups in total. The van der Waals surface area contributed by atoms with E-state index in [1.165, 1.54) is 19.3 Å². The van der Waals surface area contributed by atoms with Crippen molar-refractivity contribution in [3.8, 4) is 0 Å². The molecule has 0 atom stereocenters. The zero-order chi connectivity index (χ0) is 21.2. The Kier molecular flexibility index (Phi) is 5.30. The van der Waals surface area contributed by atoms with E-state index in [1.807, 2.05) is 54.7 Å². The third-order valence-electron chi connectivity index (χ3n) is 6.11. The van der Waals surface area contributed by atoms with Crippen LogP contribution in [0.4, 0.5) is 11.4 Å². The van der Waals surface area contributed by atoms with Crippen LogP contribution in [-0.2, 0) is 9.59 Å². The Hall–Kier alpha value is -3.38. The van der Waals surface area contributed by atoms with Crippen molar-refractivity contribution in [2.75, 3.05) is 30.3 Å². The van der Waals surface area contributed by atoms with Crippen LogP contribution < -0.4 is 10.6 Å². The van der Waals surface area contributed by atoms with Gasteiger partial charge in [0, 0.05) is 58.1 Å². The maximum atomic E-state index is 12.5. The summed E-state index contributed by atoms with van der Waals surface area (Å²) in [6, 6.07) is 13.5. The summed E-state index contributed by atoms with van der Waals surface area (Å²) in [4.78, 5) is 30.5.